The molecule has 27 heavy (non-hydrogen) atoms. The summed E-state index contributed by atoms with van der Waals surface area (Å²) >= 11 is 6.00. The van der Waals surface area contributed by atoms with Crippen LogP contribution in [-0.2, 0) is 0 Å². The molecule has 0 amide bonds. The van der Waals surface area contributed by atoms with Crippen LogP contribution in [0.15, 0.2) is 42.5 Å². The number of nitrogens with zero attached hydrogens (tertiary/aromatic N) is 2. The van der Waals surface area contributed by atoms with Crippen molar-refractivity contribution >= 4 is 17.4 Å². The van der Waals surface area contributed by atoms with Gasteiger partial charge < -0.3 is 15.2 Å². The lowest BCUT2D eigenvalue weighted by Gasteiger charge is -2.16. The zero-order valence-corrected chi connectivity index (χ0v) is 16.0. The molecule has 2 aromatic carbocycles. The van der Waals surface area contributed by atoms with E-state index in [9.17, 15) is 5.26 Å². The molecule has 0 aliphatic heterocycles. The van der Waals surface area contributed by atoms with Gasteiger partial charge in [-0.2, -0.15) is 5.26 Å². The number of hydrogen-bond acceptors (Lipinski definition) is 5. The lowest BCUT2D eigenvalue weighted by Crippen LogP contribution is -2.03. The first kappa shape index (κ1) is 18.6. The van der Waals surface area contributed by atoms with Crippen molar-refractivity contribution in [3.63, 3.8) is 0 Å². The fourth-order valence-corrected chi connectivity index (χ4v) is 3.13. The van der Waals surface area contributed by atoms with Crippen molar-refractivity contribution in [2.24, 2.45) is 0 Å². The number of hydrogen-bond donors (Lipinski definition) is 1. The Morgan fingerprint density at radius 3 is 2.11 bits per heavy atom. The first-order chi connectivity index (χ1) is 13.0. The Morgan fingerprint density at radius 1 is 1.00 bits per heavy atom. The van der Waals surface area contributed by atoms with Gasteiger partial charge >= 0.3 is 0 Å². The van der Waals surface area contributed by atoms with E-state index in [0.29, 0.717) is 33.3 Å². The largest absolute Gasteiger partial charge is 0.497 e. The highest BCUT2D eigenvalue weighted by atomic mass is 35.5. The van der Waals surface area contributed by atoms with Crippen LogP contribution < -0.4 is 15.2 Å². The molecular weight excluding hydrogens is 362 g/mol. The average molecular weight is 380 g/mol. The SMILES string of the molecule is COc1cc(OC)cc(-c2c(C)c(-c3ccc(Cl)cc3)nc(N)c2C#N)c1. The van der Waals surface area contributed by atoms with Gasteiger partial charge in [-0.1, -0.05) is 23.7 Å². The van der Waals surface area contributed by atoms with Crippen LogP contribution in [0.3, 0.4) is 0 Å². The third-order valence-corrected chi connectivity index (χ3v) is 4.59. The molecule has 0 aliphatic carbocycles. The van der Waals surface area contributed by atoms with E-state index in [0.717, 1.165) is 16.7 Å². The number of anilines is 1. The van der Waals surface area contributed by atoms with Crippen LogP contribution in [0.2, 0.25) is 5.02 Å². The molecule has 1 heterocycles. The van der Waals surface area contributed by atoms with E-state index < -0.39 is 0 Å². The van der Waals surface area contributed by atoms with Crippen LogP contribution in [0, 0.1) is 18.3 Å². The smallest absolute Gasteiger partial charge is 0.142 e. The number of nitrogen functional groups attached to an aromatic ring is 1. The summed E-state index contributed by atoms with van der Waals surface area (Å²) < 4.78 is 10.7. The van der Waals surface area contributed by atoms with Gasteiger partial charge in [0.15, 0.2) is 0 Å². The monoisotopic (exact) mass is 379 g/mol. The van der Waals surface area contributed by atoms with E-state index in [-0.39, 0.29) is 5.82 Å². The van der Waals surface area contributed by atoms with Crippen molar-refractivity contribution in [3.8, 4) is 40.0 Å². The van der Waals surface area contributed by atoms with Crippen molar-refractivity contribution in [1.29, 1.82) is 5.26 Å². The maximum absolute atomic E-state index is 9.69. The maximum atomic E-state index is 9.69. The second-order valence-corrected chi connectivity index (χ2v) is 6.38. The number of halogens is 1. The minimum absolute atomic E-state index is 0.171. The van der Waals surface area contributed by atoms with Gasteiger partial charge in [0, 0.05) is 22.2 Å². The van der Waals surface area contributed by atoms with Gasteiger partial charge in [0.2, 0.25) is 0 Å². The standard InChI is InChI=1S/C21H18ClN3O2/c1-12-19(14-8-16(26-2)10-17(9-14)27-3)18(11-23)21(24)25-20(12)13-4-6-15(22)7-5-13/h4-10H,1-3H3,(H2,24,25). The summed E-state index contributed by atoms with van der Waals surface area (Å²) in [5.74, 6) is 1.41. The molecule has 0 bridgehead atoms. The van der Waals surface area contributed by atoms with Gasteiger partial charge in [0.05, 0.1) is 19.9 Å². The molecule has 3 rings (SSSR count). The number of aromatic nitrogens is 1. The molecule has 3 aromatic rings. The van der Waals surface area contributed by atoms with E-state index in [1.54, 1.807) is 32.4 Å². The van der Waals surface area contributed by atoms with Crippen LogP contribution in [0.25, 0.3) is 22.4 Å². The summed E-state index contributed by atoms with van der Waals surface area (Å²) in [5.41, 5.74) is 10.3. The fraction of sp³-hybridized carbons (Fsp3) is 0.143. The first-order valence-electron chi connectivity index (χ1n) is 8.18. The minimum atomic E-state index is 0.171. The predicted molar refractivity (Wildman–Crippen MR) is 107 cm³/mol. The molecule has 0 radical (unpaired) electrons. The van der Waals surface area contributed by atoms with Crippen molar-refractivity contribution in [1.82, 2.24) is 4.98 Å². The quantitative estimate of drug-likeness (QED) is 0.700. The lowest BCUT2D eigenvalue weighted by atomic mass is 9.92. The number of pyridine rings is 1. The van der Waals surface area contributed by atoms with Gasteiger partial charge in [-0.15, -0.1) is 0 Å². The summed E-state index contributed by atoms with van der Waals surface area (Å²) in [5, 5.41) is 10.3. The Morgan fingerprint density at radius 2 is 1.59 bits per heavy atom. The molecule has 0 saturated heterocycles. The summed E-state index contributed by atoms with van der Waals surface area (Å²) in [4.78, 5) is 4.46. The van der Waals surface area contributed by atoms with Crippen molar-refractivity contribution in [3.05, 3.63) is 58.6 Å². The fourth-order valence-electron chi connectivity index (χ4n) is 3.01. The maximum Gasteiger partial charge on any atom is 0.142 e. The number of nitriles is 1. The Labute approximate surface area is 162 Å². The van der Waals surface area contributed by atoms with E-state index in [4.69, 9.17) is 26.8 Å². The number of nitrogens with two attached hydrogens (primary N) is 1. The van der Waals surface area contributed by atoms with Crippen LogP contribution in [0.4, 0.5) is 5.82 Å². The second kappa shape index (κ2) is 7.56. The molecule has 136 valence electrons. The predicted octanol–water partition coefficient (Wildman–Crippen LogP) is 4.85. The van der Waals surface area contributed by atoms with Crippen molar-refractivity contribution in [2.75, 3.05) is 20.0 Å². The van der Waals surface area contributed by atoms with Gasteiger partial charge in [0.1, 0.15) is 28.9 Å². The van der Waals surface area contributed by atoms with Crippen LogP contribution in [0.1, 0.15) is 11.1 Å². The summed E-state index contributed by atoms with van der Waals surface area (Å²) in [7, 11) is 3.16. The summed E-state index contributed by atoms with van der Waals surface area (Å²) in [6.45, 7) is 1.92. The Bertz CT molecular complexity index is 1020. The highest BCUT2D eigenvalue weighted by molar-refractivity contribution is 6.30. The highest BCUT2D eigenvalue weighted by Gasteiger charge is 2.19. The molecule has 5 nitrogen and oxygen atoms in total. The third-order valence-electron chi connectivity index (χ3n) is 4.34. The zero-order valence-electron chi connectivity index (χ0n) is 15.2. The molecule has 0 aliphatic rings. The summed E-state index contributed by atoms with van der Waals surface area (Å²) in [6.07, 6.45) is 0. The number of rotatable bonds is 4. The minimum Gasteiger partial charge on any atom is -0.497 e. The molecule has 1 aromatic heterocycles. The van der Waals surface area contributed by atoms with Gasteiger partial charge in [-0.25, -0.2) is 4.98 Å². The normalized spacial score (nSPS) is 10.3. The Kier molecular flexibility index (Phi) is 5.20. The molecular formula is C21H18ClN3O2. The summed E-state index contributed by atoms with van der Waals surface area (Å²) in [6, 6.07) is 15.0. The van der Waals surface area contributed by atoms with E-state index in [1.807, 2.05) is 31.2 Å². The topological polar surface area (TPSA) is 81.2 Å². The van der Waals surface area contributed by atoms with Crippen molar-refractivity contribution in [2.45, 2.75) is 6.92 Å². The van der Waals surface area contributed by atoms with Gasteiger partial charge in [-0.3, -0.25) is 0 Å². The second-order valence-electron chi connectivity index (χ2n) is 5.94. The molecule has 0 spiro atoms. The van der Waals surface area contributed by atoms with E-state index in [1.165, 1.54) is 0 Å². The van der Waals surface area contributed by atoms with E-state index in [2.05, 4.69) is 11.1 Å². The highest BCUT2D eigenvalue weighted by Crippen LogP contribution is 2.38. The number of methoxy groups -OCH3 is 2. The molecule has 0 fully saturated rings. The molecule has 6 heteroatoms. The number of ether oxygens (including phenoxy) is 2. The zero-order chi connectivity index (χ0) is 19.6. The molecule has 2 N–H and O–H groups in total. The average Bonchev–Trinajstić information content (AvgIpc) is 2.69. The van der Waals surface area contributed by atoms with Crippen LogP contribution >= 0.6 is 11.6 Å². The molecule has 0 saturated carbocycles. The van der Waals surface area contributed by atoms with Gasteiger partial charge in [0.25, 0.3) is 0 Å². The van der Waals surface area contributed by atoms with Crippen LogP contribution in [0.5, 0.6) is 11.5 Å². The molecule has 0 unspecified atom stereocenters. The van der Waals surface area contributed by atoms with Crippen LogP contribution in [-0.4, -0.2) is 19.2 Å². The third kappa shape index (κ3) is 3.53. The van der Waals surface area contributed by atoms with Crippen molar-refractivity contribution < 1.29 is 9.47 Å². The Balaban J connectivity index is 2.32. The number of benzene rings is 2. The Hall–Kier alpha value is -3.23. The molecule has 0 atom stereocenters. The first-order valence-corrected chi connectivity index (χ1v) is 8.55. The van der Waals surface area contributed by atoms with Gasteiger partial charge in [-0.05, 0) is 42.3 Å². The van der Waals surface area contributed by atoms with E-state index >= 15 is 0 Å². The lowest BCUT2D eigenvalue weighted by molar-refractivity contribution is 0.394.